The maximum atomic E-state index is 11.5. The van der Waals surface area contributed by atoms with Crippen LogP contribution in [-0.2, 0) is 14.3 Å². The Bertz CT molecular complexity index is 377. The molecule has 92 valence electrons. The van der Waals surface area contributed by atoms with Gasteiger partial charge >= 0.3 is 11.9 Å². The molecule has 0 aromatic heterocycles. The van der Waals surface area contributed by atoms with Crippen LogP contribution in [-0.4, -0.2) is 29.7 Å². The fourth-order valence-electron chi connectivity index (χ4n) is 1.35. The second-order valence-electron chi connectivity index (χ2n) is 3.41. The number of rotatable bonds is 6. The maximum absolute atomic E-state index is 11.5. The Hall–Kier alpha value is -2.04. The zero-order chi connectivity index (χ0) is 12.7. The summed E-state index contributed by atoms with van der Waals surface area (Å²) in [6.45, 7) is 1.91. The van der Waals surface area contributed by atoms with Crippen molar-refractivity contribution in [1.82, 2.24) is 0 Å². The van der Waals surface area contributed by atoms with E-state index in [1.165, 1.54) is 0 Å². The van der Waals surface area contributed by atoms with Crippen LogP contribution in [0, 0.1) is 0 Å². The first kappa shape index (κ1) is 13.0. The minimum Gasteiger partial charge on any atom is -0.481 e. The highest BCUT2D eigenvalue weighted by molar-refractivity contribution is 5.84. The van der Waals surface area contributed by atoms with Gasteiger partial charge in [0.1, 0.15) is 6.04 Å². The van der Waals surface area contributed by atoms with Crippen molar-refractivity contribution < 1.29 is 19.4 Å². The fourth-order valence-corrected chi connectivity index (χ4v) is 1.35. The molecule has 0 heterocycles. The van der Waals surface area contributed by atoms with Crippen LogP contribution in [0.5, 0.6) is 0 Å². The number of ether oxygens (including phenoxy) is 1. The average molecular weight is 237 g/mol. The molecule has 0 saturated heterocycles. The number of nitrogens with one attached hydrogen (secondary N) is 1. The molecule has 0 radical (unpaired) electrons. The number of esters is 1. The molecule has 5 heteroatoms. The van der Waals surface area contributed by atoms with Crippen molar-refractivity contribution in [2.24, 2.45) is 0 Å². The molecule has 0 aliphatic heterocycles. The lowest BCUT2D eigenvalue weighted by Gasteiger charge is -2.16. The van der Waals surface area contributed by atoms with Crippen LogP contribution in [0.3, 0.4) is 0 Å². The number of anilines is 1. The normalized spacial score (nSPS) is 11.6. The monoisotopic (exact) mass is 237 g/mol. The first-order valence-electron chi connectivity index (χ1n) is 5.33. The van der Waals surface area contributed by atoms with Crippen molar-refractivity contribution >= 4 is 17.6 Å². The zero-order valence-electron chi connectivity index (χ0n) is 9.55. The molecule has 1 aromatic rings. The van der Waals surface area contributed by atoms with Crippen LogP contribution in [0.4, 0.5) is 5.69 Å². The number of carbonyl (C=O) groups excluding carboxylic acids is 1. The van der Waals surface area contributed by atoms with Crippen molar-refractivity contribution in [3.8, 4) is 0 Å². The number of para-hydroxylation sites is 1. The van der Waals surface area contributed by atoms with Crippen molar-refractivity contribution in [1.29, 1.82) is 0 Å². The summed E-state index contributed by atoms with van der Waals surface area (Å²) in [5, 5.41) is 11.6. The fraction of sp³-hybridized carbons (Fsp3) is 0.333. The molecule has 0 amide bonds. The van der Waals surface area contributed by atoms with Gasteiger partial charge in [-0.05, 0) is 19.1 Å². The quantitative estimate of drug-likeness (QED) is 0.733. The Kier molecular flexibility index (Phi) is 5.00. The number of carbonyl (C=O) groups is 2. The summed E-state index contributed by atoms with van der Waals surface area (Å²) in [5.41, 5.74) is 0.687. The summed E-state index contributed by atoms with van der Waals surface area (Å²) < 4.78 is 4.81. The van der Waals surface area contributed by atoms with Crippen LogP contribution in [0.15, 0.2) is 30.3 Å². The van der Waals surface area contributed by atoms with Gasteiger partial charge in [0.25, 0.3) is 0 Å². The topological polar surface area (TPSA) is 75.6 Å². The Balaban J connectivity index is 2.70. The van der Waals surface area contributed by atoms with Gasteiger partial charge in [-0.25, -0.2) is 4.79 Å². The predicted octanol–water partition coefficient (Wildman–Crippen LogP) is 1.50. The minimum atomic E-state index is -1.05. The number of hydrogen-bond acceptors (Lipinski definition) is 4. The Labute approximate surface area is 99.4 Å². The van der Waals surface area contributed by atoms with E-state index in [9.17, 15) is 9.59 Å². The lowest BCUT2D eigenvalue weighted by Crippen LogP contribution is -2.33. The van der Waals surface area contributed by atoms with E-state index in [0.29, 0.717) is 5.69 Å². The molecule has 2 N–H and O–H groups in total. The standard InChI is InChI=1S/C12H15NO4/c1-2-17-12(16)10(8-11(14)15)13-9-6-4-3-5-7-9/h3-7,10,13H,2,8H2,1H3,(H,14,15). The summed E-state index contributed by atoms with van der Waals surface area (Å²) in [6, 6.07) is 8.08. The molecule has 0 fully saturated rings. The van der Waals surface area contributed by atoms with E-state index in [-0.39, 0.29) is 13.0 Å². The number of benzene rings is 1. The van der Waals surface area contributed by atoms with E-state index in [4.69, 9.17) is 9.84 Å². The molecule has 17 heavy (non-hydrogen) atoms. The third kappa shape index (κ3) is 4.55. The van der Waals surface area contributed by atoms with Crippen molar-refractivity contribution in [2.75, 3.05) is 11.9 Å². The van der Waals surface area contributed by atoms with Crippen LogP contribution in [0.2, 0.25) is 0 Å². The Morgan fingerprint density at radius 2 is 2.00 bits per heavy atom. The minimum absolute atomic E-state index is 0.228. The van der Waals surface area contributed by atoms with Gasteiger partial charge in [0.05, 0.1) is 13.0 Å². The number of carboxylic acid groups (broad SMARTS) is 1. The second kappa shape index (κ2) is 6.52. The van der Waals surface area contributed by atoms with Crippen molar-refractivity contribution in [3.05, 3.63) is 30.3 Å². The number of carboxylic acids is 1. The number of aliphatic carboxylic acids is 1. The van der Waals surface area contributed by atoms with Gasteiger partial charge in [-0.15, -0.1) is 0 Å². The summed E-state index contributed by atoms with van der Waals surface area (Å²) >= 11 is 0. The summed E-state index contributed by atoms with van der Waals surface area (Å²) in [7, 11) is 0. The van der Waals surface area contributed by atoms with Gasteiger partial charge in [0, 0.05) is 5.69 Å². The molecule has 0 aliphatic rings. The molecule has 1 atom stereocenters. The van der Waals surface area contributed by atoms with Gasteiger partial charge in [0.15, 0.2) is 0 Å². The molecule has 0 bridgehead atoms. The average Bonchev–Trinajstić information content (AvgIpc) is 2.29. The van der Waals surface area contributed by atoms with Crippen LogP contribution >= 0.6 is 0 Å². The molecular formula is C12H15NO4. The predicted molar refractivity (Wildman–Crippen MR) is 62.7 cm³/mol. The maximum Gasteiger partial charge on any atom is 0.329 e. The summed E-state index contributed by atoms with van der Waals surface area (Å²) in [4.78, 5) is 22.2. The van der Waals surface area contributed by atoms with Crippen LogP contribution in [0.25, 0.3) is 0 Å². The van der Waals surface area contributed by atoms with E-state index in [2.05, 4.69) is 5.32 Å². The smallest absolute Gasteiger partial charge is 0.329 e. The van der Waals surface area contributed by atoms with Gasteiger partial charge in [-0.1, -0.05) is 18.2 Å². The molecule has 0 spiro atoms. The van der Waals surface area contributed by atoms with E-state index in [1.807, 2.05) is 6.07 Å². The third-order valence-electron chi connectivity index (χ3n) is 2.06. The van der Waals surface area contributed by atoms with Crippen molar-refractivity contribution in [2.45, 2.75) is 19.4 Å². The summed E-state index contributed by atoms with van der Waals surface area (Å²) in [5.74, 6) is -1.61. The van der Waals surface area contributed by atoms with Gasteiger partial charge in [-0.2, -0.15) is 0 Å². The first-order chi connectivity index (χ1) is 8.13. The van der Waals surface area contributed by atoms with Crippen LogP contribution < -0.4 is 5.32 Å². The van der Waals surface area contributed by atoms with E-state index >= 15 is 0 Å². The first-order valence-corrected chi connectivity index (χ1v) is 5.33. The van der Waals surface area contributed by atoms with E-state index in [0.717, 1.165) is 0 Å². The third-order valence-corrected chi connectivity index (χ3v) is 2.06. The molecule has 1 rings (SSSR count). The largest absolute Gasteiger partial charge is 0.481 e. The Morgan fingerprint density at radius 3 is 2.53 bits per heavy atom. The molecule has 0 aliphatic carbocycles. The molecule has 0 saturated carbocycles. The van der Waals surface area contributed by atoms with Gasteiger partial charge < -0.3 is 15.2 Å². The highest BCUT2D eigenvalue weighted by Crippen LogP contribution is 2.10. The van der Waals surface area contributed by atoms with E-state index in [1.54, 1.807) is 31.2 Å². The Morgan fingerprint density at radius 1 is 1.35 bits per heavy atom. The highest BCUT2D eigenvalue weighted by Gasteiger charge is 2.22. The molecule has 1 aromatic carbocycles. The lowest BCUT2D eigenvalue weighted by molar-refractivity contribution is -0.148. The molecular weight excluding hydrogens is 222 g/mol. The number of hydrogen-bond donors (Lipinski definition) is 2. The lowest BCUT2D eigenvalue weighted by atomic mass is 10.2. The van der Waals surface area contributed by atoms with Crippen molar-refractivity contribution in [3.63, 3.8) is 0 Å². The van der Waals surface area contributed by atoms with Gasteiger partial charge in [0.2, 0.25) is 0 Å². The summed E-state index contributed by atoms with van der Waals surface area (Å²) in [6.07, 6.45) is -0.312. The molecule has 5 nitrogen and oxygen atoms in total. The second-order valence-corrected chi connectivity index (χ2v) is 3.41. The van der Waals surface area contributed by atoms with Gasteiger partial charge in [-0.3, -0.25) is 4.79 Å². The SMILES string of the molecule is CCOC(=O)C(CC(=O)O)Nc1ccccc1. The highest BCUT2D eigenvalue weighted by atomic mass is 16.5. The zero-order valence-corrected chi connectivity index (χ0v) is 9.55. The van der Waals surface area contributed by atoms with Crippen LogP contribution in [0.1, 0.15) is 13.3 Å². The van der Waals surface area contributed by atoms with E-state index < -0.39 is 18.0 Å². The molecule has 1 unspecified atom stereocenters.